The molecule has 0 unspecified atom stereocenters. The molecule has 132 valence electrons. The van der Waals surface area contributed by atoms with E-state index in [0.29, 0.717) is 5.75 Å². The fraction of sp³-hybridized carbons (Fsp3) is 0.389. The zero-order valence-corrected chi connectivity index (χ0v) is 16.4. The second-order valence-electron chi connectivity index (χ2n) is 6.09. The number of thioether (sulfide) groups is 1. The van der Waals surface area contributed by atoms with Crippen LogP contribution in [-0.4, -0.2) is 41.0 Å². The molecule has 1 aliphatic rings. The van der Waals surface area contributed by atoms with Crippen molar-refractivity contribution in [3.8, 4) is 0 Å². The molecule has 0 fully saturated rings. The molecule has 7 heteroatoms. The summed E-state index contributed by atoms with van der Waals surface area (Å²) in [4.78, 5) is 35.1. The molecule has 0 saturated carbocycles. The number of hydrogen-bond acceptors (Lipinski definition) is 5. The molecule has 0 bridgehead atoms. The van der Waals surface area contributed by atoms with E-state index in [0.717, 1.165) is 26.2 Å². The zero-order chi connectivity index (χ0) is 18.1. The highest BCUT2D eigenvalue weighted by Gasteiger charge is 2.29. The van der Waals surface area contributed by atoms with Crippen molar-refractivity contribution in [2.24, 2.45) is 0 Å². The van der Waals surface area contributed by atoms with Crippen molar-refractivity contribution in [2.45, 2.75) is 31.7 Å². The van der Waals surface area contributed by atoms with Gasteiger partial charge in [0.2, 0.25) is 11.8 Å². The van der Waals surface area contributed by atoms with Gasteiger partial charge in [-0.15, -0.1) is 23.1 Å². The van der Waals surface area contributed by atoms with Crippen LogP contribution >= 0.6 is 23.1 Å². The molecule has 1 aromatic carbocycles. The standard InChI is InChI=1S/C18H21N3O2S2/c1-11(18-12(2)25-13(3)19-18)20(4)16(22)9-21-14-7-5-6-8-15(14)24-10-17(21)23/h5-8,11H,9-10H2,1-4H3/t11-/m1/s1. The molecular weight excluding hydrogens is 354 g/mol. The molecule has 0 saturated heterocycles. The van der Waals surface area contributed by atoms with Crippen molar-refractivity contribution in [1.82, 2.24) is 9.88 Å². The number of aryl methyl sites for hydroxylation is 2. The Morgan fingerprint density at radius 3 is 2.76 bits per heavy atom. The van der Waals surface area contributed by atoms with Gasteiger partial charge < -0.3 is 9.80 Å². The maximum atomic E-state index is 12.8. The normalized spacial score (nSPS) is 15.0. The van der Waals surface area contributed by atoms with E-state index < -0.39 is 0 Å². The first-order valence-corrected chi connectivity index (χ1v) is 9.90. The minimum Gasteiger partial charge on any atom is -0.336 e. The number of para-hydroxylation sites is 1. The predicted octanol–water partition coefficient (Wildman–Crippen LogP) is 3.42. The van der Waals surface area contributed by atoms with Gasteiger partial charge in [0.25, 0.3) is 0 Å². The van der Waals surface area contributed by atoms with Crippen LogP contribution in [-0.2, 0) is 9.59 Å². The Balaban J connectivity index is 1.77. The highest BCUT2D eigenvalue weighted by molar-refractivity contribution is 8.00. The molecule has 1 atom stereocenters. The molecule has 0 spiro atoms. The van der Waals surface area contributed by atoms with E-state index in [9.17, 15) is 9.59 Å². The number of amides is 2. The lowest BCUT2D eigenvalue weighted by molar-refractivity contribution is -0.131. The minimum atomic E-state index is -0.123. The molecule has 25 heavy (non-hydrogen) atoms. The van der Waals surface area contributed by atoms with Crippen LogP contribution in [0.15, 0.2) is 29.2 Å². The van der Waals surface area contributed by atoms with Crippen molar-refractivity contribution in [3.63, 3.8) is 0 Å². The highest BCUT2D eigenvalue weighted by Crippen LogP contribution is 2.35. The fourth-order valence-corrected chi connectivity index (χ4v) is 4.75. The average molecular weight is 376 g/mol. The third-order valence-corrected chi connectivity index (χ3v) is 6.36. The molecule has 2 heterocycles. The summed E-state index contributed by atoms with van der Waals surface area (Å²) in [5.74, 6) is 0.250. The van der Waals surface area contributed by atoms with Crippen LogP contribution in [0.3, 0.4) is 0 Å². The Morgan fingerprint density at radius 1 is 1.36 bits per heavy atom. The second kappa shape index (κ2) is 7.17. The van der Waals surface area contributed by atoms with E-state index in [2.05, 4.69) is 4.98 Å². The number of carbonyl (C=O) groups is 2. The van der Waals surface area contributed by atoms with Crippen molar-refractivity contribution in [2.75, 3.05) is 24.2 Å². The Morgan fingerprint density at radius 2 is 2.08 bits per heavy atom. The number of thiazole rings is 1. The quantitative estimate of drug-likeness (QED) is 0.822. The number of carbonyl (C=O) groups excluding carboxylic acids is 2. The van der Waals surface area contributed by atoms with Gasteiger partial charge in [-0.2, -0.15) is 0 Å². The second-order valence-corrected chi connectivity index (χ2v) is 8.52. The van der Waals surface area contributed by atoms with E-state index in [4.69, 9.17) is 0 Å². The Kier molecular flexibility index (Phi) is 5.15. The van der Waals surface area contributed by atoms with E-state index in [1.165, 1.54) is 11.8 Å². The first kappa shape index (κ1) is 17.9. The van der Waals surface area contributed by atoms with E-state index in [1.807, 2.05) is 45.0 Å². The van der Waals surface area contributed by atoms with Crippen LogP contribution in [0.5, 0.6) is 0 Å². The molecule has 0 aliphatic carbocycles. The van der Waals surface area contributed by atoms with Crippen LogP contribution in [0.25, 0.3) is 0 Å². The summed E-state index contributed by atoms with van der Waals surface area (Å²) in [6, 6.07) is 7.59. The molecule has 0 radical (unpaired) electrons. The number of benzene rings is 1. The zero-order valence-electron chi connectivity index (χ0n) is 14.8. The van der Waals surface area contributed by atoms with Crippen LogP contribution in [0.1, 0.15) is 28.5 Å². The van der Waals surface area contributed by atoms with Crippen LogP contribution < -0.4 is 4.90 Å². The summed E-state index contributed by atoms with van der Waals surface area (Å²) in [6.45, 7) is 6.02. The molecule has 3 rings (SSSR count). The SMILES string of the molecule is Cc1nc([C@@H](C)N(C)C(=O)CN2C(=O)CSc3ccccc32)c(C)s1. The number of hydrogen-bond donors (Lipinski definition) is 0. The van der Waals surface area contributed by atoms with E-state index in [1.54, 1.807) is 28.2 Å². The van der Waals surface area contributed by atoms with Crippen molar-refractivity contribution < 1.29 is 9.59 Å². The molecule has 5 nitrogen and oxygen atoms in total. The van der Waals surface area contributed by atoms with Crippen LogP contribution in [0.2, 0.25) is 0 Å². The Labute approximate surface area is 156 Å². The van der Waals surface area contributed by atoms with Gasteiger partial charge in [-0.05, 0) is 32.9 Å². The number of fused-ring (bicyclic) bond motifs is 1. The molecule has 2 aromatic rings. The largest absolute Gasteiger partial charge is 0.336 e. The average Bonchev–Trinajstić information content (AvgIpc) is 2.94. The van der Waals surface area contributed by atoms with Crippen molar-refractivity contribution >= 4 is 40.6 Å². The monoisotopic (exact) mass is 375 g/mol. The maximum absolute atomic E-state index is 12.8. The third kappa shape index (κ3) is 3.57. The van der Waals surface area contributed by atoms with Crippen molar-refractivity contribution in [3.05, 3.63) is 39.8 Å². The molecule has 1 aliphatic heterocycles. The third-order valence-electron chi connectivity index (χ3n) is 4.41. The fourth-order valence-electron chi connectivity index (χ4n) is 2.91. The summed E-state index contributed by atoms with van der Waals surface area (Å²) in [5.41, 5.74) is 1.75. The van der Waals surface area contributed by atoms with E-state index >= 15 is 0 Å². The van der Waals surface area contributed by atoms with Gasteiger partial charge in [-0.1, -0.05) is 12.1 Å². The van der Waals surface area contributed by atoms with Gasteiger partial charge >= 0.3 is 0 Å². The summed E-state index contributed by atoms with van der Waals surface area (Å²) < 4.78 is 0. The van der Waals surface area contributed by atoms with Gasteiger partial charge in [0.05, 0.1) is 28.2 Å². The Hall–Kier alpha value is -1.86. The first-order valence-electron chi connectivity index (χ1n) is 8.10. The topological polar surface area (TPSA) is 53.5 Å². The van der Waals surface area contributed by atoms with Gasteiger partial charge in [0.15, 0.2) is 0 Å². The van der Waals surface area contributed by atoms with Gasteiger partial charge in [0.1, 0.15) is 6.54 Å². The molecule has 2 amide bonds. The lowest BCUT2D eigenvalue weighted by atomic mass is 10.2. The molecular formula is C18H21N3O2S2. The first-order chi connectivity index (χ1) is 11.9. The summed E-state index contributed by atoms with van der Waals surface area (Å²) in [7, 11) is 1.77. The smallest absolute Gasteiger partial charge is 0.242 e. The summed E-state index contributed by atoms with van der Waals surface area (Å²) in [5, 5.41) is 0.998. The van der Waals surface area contributed by atoms with Gasteiger partial charge in [-0.25, -0.2) is 4.98 Å². The van der Waals surface area contributed by atoms with E-state index in [-0.39, 0.29) is 24.4 Å². The molecule has 0 N–H and O–H groups in total. The van der Waals surface area contributed by atoms with Crippen LogP contribution in [0.4, 0.5) is 5.69 Å². The number of anilines is 1. The number of nitrogens with zero attached hydrogens (tertiary/aromatic N) is 3. The van der Waals surface area contributed by atoms with Gasteiger partial charge in [0, 0.05) is 16.8 Å². The summed E-state index contributed by atoms with van der Waals surface area (Å²) in [6.07, 6.45) is 0. The van der Waals surface area contributed by atoms with Gasteiger partial charge in [-0.3, -0.25) is 9.59 Å². The lowest BCUT2D eigenvalue weighted by Gasteiger charge is -2.31. The maximum Gasteiger partial charge on any atom is 0.242 e. The highest BCUT2D eigenvalue weighted by atomic mass is 32.2. The Bertz CT molecular complexity index is 818. The predicted molar refractivity (Wildman–Crippen MR) is 102 cm³/mol. The number of rotatable bonds is 4. The lowest BCUT2D eigenvalue weighted by Crippen LogP contribution is -2.44. The van der Waals surface area contributed by atoms with Crippen molar-refractivity contribution in [1.29, 1.82) is 0 Å². The number of likely N-dealkylation sites (N-methyl/N-ethyl adjacent to an activating group) is 1. The van der Waals surface area contributed by atoms with Crippen LogP contribution in [0, 0.1) is 13.8 Å². The number of aromatic nitrogens is 1. The minimum absolute atomic E-state index is 0.0289. The summed E-state index contributed by atoms with van der Waals surface area (Å²) >= 11 is 3.16. The molecule has 1 aromatic heterocycles.